The molecular weight excluding hydrogens is 352 g/mol. The van der Waals surface area contributed by atoms with Gasteiger partial charge in [0.15, 0.2) is 0 Å². The van der Waals surface area contributed by atoms with E-state index in [1.165, 1.54) is 35.6 Å². The van der Waals surface area contributed by atoms with Crippen LogP contribution in [-0.4, -0.2) is 29.1 Å². The zero-order chi connectivity index (χ0) is 17.3. The molecule has 0 radical (unpaired) electrons. The van der Waals surface area contributed by atoms with Gasteiger partial charge in [-0.05, 0) is 35.7 Å². The van der Waals surface area contributed by atoms with Gasteiger partial charge >= 0.3 is 0 Å². The van der Waals surface area contributed by atoms with E-state index in [4.69, 9.17) is 10.9 Å². The van der Waals surface area contributed by atoms with Crippen molar-refractivity contribution in [3.05, 3.63) is 46.7 Å². The third kappa shape index (κ3) is 3.27. The maximum atomic E-state index is 12.2. The van der Waals surface area contributed by atoms with E-state index in [0.29, 0.717) is 11.3 Å². The van der Waals surface area contributed by atoms with Crippen LogP contribution in [0.1, 0.15) is 10.4 Å². The lowest BCUT2D eigenvalue weighted by Gasteiger charge is -2.03. The van der Waals surface area contributed by atoms with Gasteiger partial charge in [0.25, 0.3) is 5.91 Å². The highest BCUT2D eigenvalue weighted by molar-refractivity contribution is 7.89. The van der Waals surface area contributed by atoms with Gasteiger partial charge in [0.05, 0.1) is 10.5 Å². The Morgan fingerprint density at radius 2 is 1.92 bits per heavy atom. The quantitative estimate of drug-likeness (QED) is 0.626. The Morgan fingerprint density at radius 1 is 1.21 bits per heavy atom. The van der Waals surface area contributed by atoms with Crippen LogP contribution in [-0.2, 0) is 10.0 Å². The molecule has 5 N–H and O–H groups in total. The molecule has 0 spiro atoms. The van der Waals surface area contributed by atoms with Crippen LogP contribution in [0.2, 0.25) is 0 Å². The highest BCUT2D eigenvalue weighted by Crippen LogP contribution is 2.18. The minimum Gasteiger partial charge on any atom is -0.368 e. The van der Waals surface area contributed by atoms with Gasteiger partial charge in [-0.15, -0.1) is 5.10 Å². The minimum atomic E-state index is -3.76. The Kier molecular flexibility index (Phi) is 4.05. The Hall–Kier alpha value is -2.76. The van der Waals surface area contributed by atoms with Gasteiger partial charge in [-0.3, -0.25) is 4.79 Å². The van der Waals surface area contributed by atoms with Crippen molar-refractivity contribution in [3.8, 4) is 0 Å². The highest BCUT2D eigenvalue weighted by atomic mass is 32.2. The number of nitrogens with two attached hydrogens (primary N) is 2. The predicted molar refractivity (Wildman–Crippen MR) is 89.6 cm³/mol. The van der Waals surface area contributed by atoms with Crippen LogP contribution in [0, 0.1) is 0 Å². The molecule has 1 aromatic carbocycles. The molecule has 0 aliphatic rings. The van der Waals surface area contributed by atoms with Gasteiger partial charge in [-0.25, -0.2) is 13.6 Å². The molecule has 24 heavy (non-hydrogen) atoms. The zero-order valence-electron chi connectivity index (χ0n) is 12.1. The third-order valence-electron chi connectivity index (χ3n) is 3.03. The number of primary sulfonamides is 1. The fourth-order valence-electron chi connectivity index (χ4n) is 1.89. The number of hydrogen-bond donors (Lipinski definition) is 3. The number of sulfonamides is 1. The summed E-state index contributed by atoms with van der Waals surface area (Å²) < 4.78 is 23.4. The second-order valence-electron chi connectivity index (χ2n) is 4.72. The number of nitrogens with one attached hydrogen (secondary N) is 1. The zero-order valence-corrected chi connectivity index (χ0v) is 13.7. The molecule has 0 saturated heterocycles. The standard InChI is InChI=1S/C13H12N6O3S2/c14-12-17-13(18-19(12)11(20)8-5-6-23-7-8)16-9-1-3-10(4-2-9)24(15,21)22/h1-7H,(H2,15,21,22)(H3,14,16,17,18). The molecule has 124 valence electrons. The van der Waals surface area contributed by atoms with Crippen LogP contribution in [0.4, 0.5) is 17.6 Å². The number of carbonyl (C=O) groups is 1. The number of nitrogens with zero attached hydrogens (tertiary/aromatic N) is 3. The maximum Gasteiger partial charge on any atom is 0.282 e. The topological polar surface area (TPSA) is 146 Å². The molecule has 0 unspecified atom stereocenters. The first-order chi connectivity index (χ1) is 11.3. The molecule has 0 aliphatic heterocycles. The molecule has 2 aromatic heterocycles. The van der Waals surface area contributed by atoms with Gasteiger partial charge in [0.1, 0.15) is 0 Å². The van der Waals surface area contributed by atoms with E-state index in [1.54, 1.807) is 16.8 Å². The Morgan fingerprint density at radius 3 is 2.50 bits per heavy atom. The summed E-state index contributed by atoms with van der Waals surface area (Å²) in [6, 6.07) is 7.34. The Balaban J connectivity index is 1.82. The van der Waals surface area contributed by atoms with Crippen molar-refractivity contribution in [3.63, 3.8) is 0 Å². The Labute approximate surface area is 141 Å². The first-order valence-electron chi connectivity index (χ1n) is 6.54. The number of hydrogen-bond acceptors (Lipinski definition) is 8. The van der Waals surface area contributed by atoms with Gasteiger partial charge in [-0.1, -0.05) is 0 Å². The maximum absolute atomic E-state index is 12.2. The van der Waals surface area contributed by atoms with E-state index in [9.17, 15) is 13.2 Å². The first kappa shape index (κ1) is 16.1. The minimum absolute atomic E-state index is 0.0151. The van der Waals surface area contributed by atoms with Gasteiger partial charge in [0.2, 0.25) is 21.9 Å². The number of nitrogen functional groups attached to an aromatic ring is 1. The lowest BCUT2D eigenvalue weighted by molar-refractivity contribution is 0.0948. The van der Waals surface area contributed by atoms with Crippen LogP contribution in [0.3, 0.4) is 0 Å². The summed E-state index contributed by atoms with van der Waals surface area (Å²) in [5.41, 5.74) is 6.69. The molecule has 9 nitrogen and oxygen atoms in total. The molecule has 3 rings (SSSR count). The Bertz CT molecular complexity index is 977. The average Bonchev–Trinajstić information content (AvgIpc) is 3.16. The number of rotatable bonds is 4. The first-order valence-corrected chi connectivity index (χ1v) is 9.03. The smallest absolute Gasteiger partial charge is 0.282 e. The summed E-state index contributed by atoms with van der Waals surface area (Å²) in [7, 11) is -3.76. The van der Waals surface area contributed by atoms with E-state index >= 15 is 0 Å². The molecule has 2 heterocycles. The van der Waals surface area contributed by atoms with E-state index in [2.05, 4.69) is 15.4 Å². The van der Waals surface area contributed by atoms with Crippen molar-refractivity contribution < 1.29 is 13.2 Å². The van der Waals surface area contributed by atoms with Crippen LogP contribution >= 0.6 is 11.3 Å². The number of thiophene rings is 1. The fraction of sp³-hybridized carbons (Fsp3) is 0. The summed E-state index contributed by atoms with van der Waals surface area (Å²) in [6.07, 6.45) is 0. The number of benzene rings is 1. The summed E-state index contributed by atoms with van der Waals surface area (Å²) in [6.45, 7) is 0. The molecule has 3 aromatic rings. The number of carbonyl (C=O) groups excluding carboxylic acids is 1. The lowest BCUT2D eigenvalue weighted by atomic mass is 10.3. The van der Waals surface area contributed by atoms with Crippen molar-refractivity contribution in [1.82, 2.24) is 14.8 Å². The fourth-order valence-corrected chi connectivity index (χ4v) is 3.04. The van der Waals surface area contributed by atoms with Gasteiger partial charge in [0, 0.05) is 11.1 Å². The normalized spacial score (nSPS) is 11.4. The second kappa shape index (κ2) is 6.03. The summed E-state index contributed by atoms with van der Waals surface area (Å²) in [4.78, 5) is 16.2. The predicted octanol–water partition coefficient (Wildman–Crippen LogP) is 1.00. The van der Waals surface area contributed by atoms with E-state index in [0.717, 1.165) is 4.68 Å². The molecular formula is C13H12N6O3S2. The van der Waals surface area contributed by atoms with Gasteiger partial charge in [-0.2, -0.15) is 21.0 Å². The molecule has 0 aliphatic carbocycles. The van der Waals surface area contributed by atoms with Crippen LogP contribution in [0.15, 0.2) is 46.0 Å². The molecule has 0 atom stereocenters. The molecule has 0 saturated carbocycles. The third-order valence-corrected chi connectivity index (χ3v) is 4.64. The monoisotopic (exact) mass is 364 g/mol. The molecule has 0 amide bonds. The highest BCUT2D eigenvalue weighted by Gasteiger charge is 2.16. The van der Waals surface area contributed by atoms with Crippen molar-refractivity contribution in [1.29, 1.82) is 0 Å². The van der Waals surface area contributed by atoms with Crippen molar-refractivity contribution in [2.45, 2.75) is 4.90 Å². The largest absolute Gasteiger partial charge is 0.368 e. The SMILES string of the molecule is Nc1nc(Nc2ccc(S(N)(=O)=O)cc2)nn1C(=O)c1ccsc1. The van der Waals surface area contributed by atoms with Crippen LogP contribution in [0.25, 0.3) is 0 Å². The van der Waals surface area contributed by atoms with E-state index in [1.807, 2.05) is 0 Å². The summed E-state index contributed by atoms with van der Waals surface area (Å²) in [5, 5.41) is 15.3. The van der Waals surface area contributed by atoms with Crippen LogP contribution in [0.5, 0.6) is 0 Å². The van der Waals surface area contributed by atoms with E-state index < -0.39 is 10.0 Å². The summed E-state index contributed by atoms with van der Waals surface area (Å²) >= 11 is 1.38. The summed E-state index contributed by atoms with van der Waals surface area (Å²) in [5.74, 6) is -0.340. The van der Waals surface area contributed by atoms with Gasteiger partial charge < -0.3 is 11.1 Å². The number of aromatic nitrogens is 3. The molecule has 11 heteroatoms. The van der Waals surface area contributed by atoms with Crippen LogP contribution < -0.4 is 16.2 Å². The number of anilines is 3. The second-order valence-corrected chi connectivity index (χ2v) is 7.06. The van der Waals surface area contributed by atoms with Crippen molar-refractivity contribution in [2.24, 2.45) is 5.14 Å². The molecule has 0 bridgehead atoms. The van der Waals surface area contributed by atoms with Crippen molar-refractivity contribution >= 4 is 44.9 Å². The average molecular weight is 364 g/mol. The lowest BCUT2D eigenvalue weighted by Crippen LogP contribution is -2.15. The molecule has 0 fully saturated rings. The van der Waals surface area contributed by atoms with Crippen molar-refractivity contribution in [2.75, 3.05) is 11.1 Å². The van der Waals surface area contributed by atoms with E-state index in [-0.39, 0.29) is 22.7 Å².